The number of nitrogens with one attached hydrogen (secondary N) is 2. The topological polar surface area (TPSA) is 114 Å². The van der Waals surface area contributed by atoms with Gasteiger partial charge in [-0.3, -0.25) is 9.59 Å². The molecule has 9 nitrogen and oxygen atoms in total. The minimum absolute atomic E-state index is 0.102. The number of carbonyl (C=O) groups excluding carboxylic acids is 4. The van der Waals surface area contributed by atoms with Crippen molar-refractivity contribution in [2.24, 2.45) is 0 Å². The number of carbonyl (C=O) groups is 4. The van der Waals surface area contributed by atoms with Crippen LogP contribution in [0.4, 0.5) is 16.4 Å². The van der Waals surface area contributed by atoms with Crippen molar-refractivity contribution in [2.45, 2.75) is 27.7 Å². The Hall–Kier alpha value is -4.18. The molecule has 3 aromatic rings. The van der Waals surface area contributed by atoms with Crippen molar-refractivity contribution in [3.8, 4) is 0 Å². The van der Waals surface area contributed by atoms with E-state index in [9.17, 15) is 19.2 Å². The van der Waals surface area contributed by atoms with Crippen LogP contribution in [0.3, 0.4) is 0 Å². The molecule has 0 spiro atoms. The lowest BCUT2D eigenvalue weighted by molar-refractivity contribution is -0.119. The maximum absolute atomic E-state index is 12.9. The van der Waals surface area contributed by atoms with Crippen LogP contribution in [-0.2, 0) is 14.3 Å². The lowest BCUT2D eigenvalue weighted by Gasteiger charge is -2.14. The third-order valence-corrected chi connectivity index (χ3v) is 7.03. The number of hydrogen-bond donors (Lipinski definition) is 2. The molecule has 0 fully saturated rings. The average molecular weight is 538 g/mol. The van der Waals surface area contributed by atoms with Crippen molar-refractivity contribution < 1.29 is 28.7 Å². The quantitative estimate of drug-likeness (QED) is 0.366. The van der Waals surface area contributed by atoms with Gasteiger partial charge in [-0.1, -0.05) is 24.3 Å². The number of rotatable bonds is 9. The summed E-state index contributed by atoms with van der Waals surface area (Å²) in [4.78, 5) is 52.4. The molecule has 2 amide bonds. The molecule has 0 aliphatic heterocycles. The van der Waals surface area contributed by atoms with Gasteiger partial charge in [-0.05, 0) is 62.6 Å². The Morgan fingerprint density at radius 1 is 0.868 bits per heavy atom. The van der Waals surface area contributed by atoms with Gasteiger partial charge in [-0.2, -0.15) is 0 Å². The number of anilines is 3. The molecule has 10 heteroatoms. The lowest BCUT2D eigenvalue weighted by Crippen LogP contribution is -2.22. The predicted molar refractivity (Wildman–Crippen MR) is 148 cm³/mol. The fraction of sp³-hybridized carbons (Fsp3) is 0.286. The molecule has 1 heterocycles. The maximum atomic E-state index is 12.9. The average Bonchev–Trinajstić information content (AvgIpc) is 3.20. The Balaban J connectivity index is 1.75. The second kappa shape index (κ2) is 12.4. The first-order valence-corrected chi connectivity index (χ1v) is 12.8. The molecule has 0 bridgehead atoms. The number of ether oxygens (including phenoxy) is 2. The van der Waals surface area contributed by atoms with Gasteiger partial charge in [0.05, 0.1) is 28.3 Å². The minimum atomic E-state index is -0.690. The predicted octanol–water partition coefficient (Wildman–Crippen LogP) is 5.09. The summed E-state index contributed by atoms with van der Waals surface area (Å²) in [5, 5.41) is 6.02. The fourth-order valence-corrected chi connectivity index (χ4v) is 4.86. The van der Waals surface area contributed by atoms with Gasteiger partial charge in [0.1, 0.15) is 5.00 Å². The summed E-state index contributed by atoms with van der Waals surface area (Å²) in [7, 11) is 3.19. The number of aryl methyl sites for hydroxylation is 1. The van der Waals surface area contributed by atoms with E-state index in [1.165, 1.54) is 4.90 Å². The smallest absolute Gasteiger partial charge is 0.341 e. The van der Waals surface area contributed by atoms with Crippen LogP contribution in [0.25, 0.3) is 0 Å². The van der Waals surface area contributed by atoms with Crippen molar-refractivity contribution in [3.05, 3.63) is 75.2 Å². The number of nitrogens with zero attached hydrogens (tertiary/aromatic N) is 1. The van der Waals surface area contributed by atoms with E-state index in [0.29, 0.717) is 16.1 Å². The molecule has 3 rings (SSSR count). The second-order valence-corrected chi connectivity index (χ2v) is 9.74. The SMILES string of the molecule is CCOC(=O)c1c(NC(=O)COC(=O)c2ccccc2Nc2cccc(C)c2C)sc(C(=O)N(C)C)c1C. The van der Waals surface area contributed by atoms with Crippen LogP contribution < -0.4 is 10.6 Å². The normalized spacial score (nSPS) is 10.5. The van der Waals surface area contributed by atoms with Crippen LogP contribution in [-0.4, -0.2) is 56.0 Å². The molecule has 0 unspecified atom stereocenters. The zero-order valence-corrected chi connectivity index (χ0v) is 23.1. The second-order valence-electron chi connectivity index (χ2n) is 8.72. The van der Waals surface area contributed by atoms with Gasteiger partial charge in [0.25, 0.3) is 11.8 Å². The van der Waals surface area contributed by atoms with E-state index < -0.39 is 24.5 Å². The highest BCUT2D eigenvalue weighted by Crippen LogP contribution is 2.34. The molecule has 2 aromatic carbocycles. The van der Waals surface area contributed by atoms with Gasteiger partial charge in [-0.15, -0.1) is 11.3 Å². The molecule has 0 radical (unpaired) electrons. The molecule has 38 heavy (non-hydrogen) atoms. The molecule has 0 saturated carbocycles. The third kappa shape index (κ3) is 6.38. The van der Waals surface area contributed by atoms with Gasteiger partial charge < -0.3 is 25.0 Å². The van der Waals surface area contributed by atoms with Gasteiger partial charge in [0, 0.05) is 19.8 Å². The maximum Gasteiger partial charge on any atom is 0.341 e. The monoisotopic (exact) mass is 537 g/mol. The molecule has 0 atom stereocenters. The Labute approximate surface area is 225 Å². The Bertz CT molecular complexity index is 1380. The summed E-state index contributed by atoms with van der Waals surface area (Å²) in [6.45, 7) is 6.81. The minimum Gasteiger partial charge on any atom is -0.462 e. The number of benzene rings is 2. The van der Waals surface area contributed by atoms with E-state index in [1.54, 1.807) is 52.2 Å². The highest BCUT2D eigenvalue weighted by atomic mass is 32.1. The van der Waals surface area contributed by atoms with E-state index in [4.69, 9.17) is 9.47 Å². The molecule has 2 N–H and O–H groups in total. The van der Waals surface area contributed by atoms with Crippen LogP contribution in [0.2, 0.25) is 0 Å². The summed E-state index contributed by atoms with van der Waals surface area (Å²) in [6.07, 6.45) is 0. The van der Waals surface area contributed by atoms with Gasteiger partial charge >= 0.3 is 11.9 Å². The first kappa shape index (κ1) is 28.4. The number of para-hydroxylation sites is 1. The number of hydrogen-bond acceptors (Lipinski definition) is 8. The van der Waals surface area contributed by atoms with Gasteiger partial charge in [-0.25, -0.2) is 9.59 Å². The first-order valence-electron chi connectivity index (χ1n) is 12.0. The summed E-state index contributed by atoms with van der Waals surface area (Å²) < 4.78 is 10.4. The zero-order valence-electron chi connectivity index (χ0n) is 22.3. The number of esters is 2. The van der Waals surface area contributed by atoms with E-state index >= 15 is 0 Å². The largest absolute Gasteiger partial charge is 0.462 e. The molecule has 0 aliphatic rings. The van der Waals surface area contributed by atoms with Crippen molar-refractivity contribution in [1.82, 2.24) is 4.90 Å². The van der Waals surface area contributed by atoms with Crippen LogP contribution in [0.5, 0.6) is 0 Å². The molecular weight excluding hydrogens is 506 g/mol. The highest BCUT2D eigenvalue weighted by Gasteiger charge is 2.27. The van der Waals surface area contributed by atoms with E-state index in [-0.39, 0.29) is 28.6 Å². The van der Waals surface area contributed by atoms with Crippen LogP contribution in [0.15, 0.2) is 42.5 Å². The summed E-state index contributed by atoms with van der Waals surface area (Å²) in [5.41, 5.74) is 4.32. The van der Waals surface area contributed by atoms with E-state index in [1.807, 2.05) is 32.0 Å². The zero-order chi connectivity index (χ0) is 28.0. The molecule has 200 valence electrons. The highest BCUT2D eigenvalue weighted by molar-refractivity contribution is 7.18. The summed E-state index contributed by atoms with van der Waals surface area (Å²) in [5.74, 6) is -2.31. The fourth-order valence-electron chi connectivity index (χ4n) is 3.63. The van der Waals surface area contributed by atoms with Crippen molar-refractivity contribution in [1.29, 1.82) is 0 Å². The third-order valence-electron chi connectivity index (χ3n) is 5.84. The molecule has 0 aliphatic carbocycles. The van der Waals surface area contributed by atoms with Crippen LogP contribution >= 0.6 is 11.3 Å². The summed E-state index contributed by atoms with van der Waals surface area (Å²) in [6, 6.07) is 12.7. The first-order chi connectivity index (χ1) is 18.0. The number of thiophene rings is 1. The summed E-state index contributed by atoms with van der Waals surface area (Å²) >= 11 is 0.967. The Kier molecular flexibility index (Phi) is 9.25. The molecule has 1 aromatic heterocycles. The molecular formula is C28H31N3O6S. The standard InChI is InChI=1S/C28H31N3O6S/c1-7-36-28(35)23-18(4)24(26(33)31(5)6)38-25(23)30-22(32)15-37-27(34)19-12-8-9-13-21(19)29-20-14-10-11-16(2)17(20)3/h8-14,29H,7,15H2,1-6H3,(H,30,32). The lowest BCUT2D eigenvalue weighted by atomic mass is 10.1. The van der Waals surface area contributed by atoms with E-state index in [0.717, 1.165) is 28.2 Å². The van der Waals surface area contributed by atoms with Crippen molar-refractivity contribution >= 4 is 51.5 Å². The van der Waals surface area contributed by atoms with Gasteiger partial charge in [0.2, 0.25) is 0 Å². The van der Waals surface area contributed by atoms with E-state index in [2.05, 4.69) is 10.6 Å². The Morgan fingerprint density at radius 2 is 1.55 bits per heavy atom. The van der Waals surface area contributed by atoms with Crippen molar-refractivity contribution in [3.63, 3.8) is 0 Å². The van der Waals surface area contributed by atoms with Gasteiger partial charge in [0.15, 0.2) is 6.61 Å². The Morgan fingerprint density at radius 3 is 2.24 bits per heavy atom. The van der Waals surface area contributed by atoms with Crippen LogP contribution in [0.1, 0.15) is 54.0 Å². The molecule has 0 saturated heterocycles. The number of amides is 2. The van der Waals surface area contributed by atoms with Crippen LogP contribution in [0, 0.1) is 20.8 Å². The van der Waals surface area contributed by atoms with Crippen molar-refractivity contribution in [2.75, 3.05) is 37.9 Å².